The summed E-state index contributed by atoms with van der Waals surface area (Å²) < 4.78 is 28.9. The van der Waals surface area contributed by atoms with Crippen LogP contribution in [-0.4, -0.2) is 72.7 Å². The predicted molar refractivity (Wildman–Crippen MR) is 97.3 cm³/mol. The first kappa shape index (κ1) is 17.9. The van der Waals surface area contributed by atoms with Crippen molar-refractivity contribution in [2.75, 3.05) is 40.3 Å². The maximum atomic E-state index is 12.5. The van der Waals surface area contributed by atoms with Gasteiger partial charge in [0, 0.05) is 65.0 Å². The van der Waals surface area contributed by atoms with Crippen molar-refractivity contribution in [2.45, 2.75) is 13.0 Å². The van der Waals surface area contributed by atoms with Crippen LogP contribution in [0.15, 0.2) is 36.5 Å². The van der Waals surface area contributed by atoms with Crippen LogP contribution in [0.1, 0.15) is 6.42 Å². The second kappa shape index (κ2) is 7.15. The third-order valence-corrected chi connectivity index (χ3v) is 6.57. The van der Waals surface area contributed by atoms with Gasteiger partial charge in [-0.25, -0.2) is 0 Å². The standard InChI is InChI=1S/C17H24N4O3S/c1-18(2)25(23,24)21-13-11-20(12-14-21)17(22)8-10-19-9-7-15-5-3-4-6-16(15)19/h3-7,9H,8,10-14H2,1-2H3. The lowest BCUT2D eigenvalue weighted by atomic mass is 10.2. The van der Waals surface area contributed by atoms with Crippen molar-refractivity contribution < 1.29 is 13.2 Å². The van der Waals surface area contributed by atoms with Crippen LogP contribution >= 0.6 is 0 Å². The Morgan fingerprint density at radius 3 is 2.44 bits per heavy atom. The largest absolute Gasteiger partial charge is 0.347 e. The number of para-hydroxylation sites is 1. The van der Waals surface area contributed by atoms with Gasteiger partial charge in [0.05, 0.1) is 0 Å². The minimum Gasteiger partial charge on any atom is -0.347 e. The van der Waals surface area contributed by atoms with Gasteiger partial charge < -0.3 is 9.47 Å². The molecule has 1 saturated heterocycles. The maximum absolute atomic E-state index is 12.5. The molecule has 0 aliphatic carbocycles. The average Bonchev–Trinajstić information content (AvgIpc) is 3.03. The lowest BCUT2D eigenvalue weighted by Gasteiger charge is -2.35. The highest BCUT2D eigenvalue weighted by Crippen LogP contribution is 2.16. The van der Waals surface area contributed by atoms with Gasteiger partial charge in [0.15, 0.2) is 0 Å². The molecule has 0 radical (unpaired) electrons. The SMILES string of the molecule is CN(C)S(=O)(=O)N1CCN(C(=O)CCn2ccc3ccccc32)CC1. The Bertz CT molecular complexity index is 852. The van der Waals surface area contributed by atoms with E-state index in [0.29, 0.717) is 39.1 Å². The second-order valence-electron chi connectivity index (χ2n) is 6.39. The molecular weight excluding hydrogens is 340 g/mol. The van der Waals surface area contributed by atoms with Crippen molar-refractivity contribution in [1.82, 2.24) is 18.1 Å². The lowest BCUT2D eigenvalue weighted by molar-refractivity contribution is -0.132. The fraction of sp³-hybridized carbons (Fsp3) is 0.471. The Morgan fingerprint density at radius 1 is 1.08 bits per heavy atom. The summed E-state index contributed by atoms with van der Waals surface area (Å²) in [5.74, 6) is 0.0692. The van der Waals surface area contributed by atoms with E-state index in [0.717, 1.165) is 10.9 Å². The van der Waals surface area contributed by atoms with Gasteiger partial charge in [0.25, 0.3) is 10.2 Å². The molecule has 0 unspecified atom stereocenters. The van der Waals surface area contributed by atoms with E-state index in [4.69, 9.17) is 0 Å². The van der Waals surface area contributed by atoms with Gasteiger partial charge >= 0.3 is 0 Å². The van der Waals surface area contributed by atoms with Crippen molar-refractivity contribution in [3.8, 4) is 0 Å². The summed E-state index contributed by atoms with van der Waals surface area (Å²) in [6.07, 6.45) is 2.42. The van der Waals surface area contributed by atoms with E-state index in [1.54, 1.807) is 4.90 Å². The molecule has 2 aromatic rings. The summed E-state index contributed by atoms with van der Waals surface area (Å²) in [5, 5.41) is 1.16. The fourth-order valence-electron chi connectivity index (χ4n) is 3.11. The summed E-state index contributed by atoms with van der Waals surface area (Å²) in [6, 6.07) is 10.1. The lowest BCUT2D eigenvalue weighted by Crippen LogP contribution is -2.53. The van der Waals surface area contributed by atoms with Crippen molar-refractivity contribution in [1.29, 1.82) is 0 Å². The monoisotopic (exact) mass is 364 g/mol. The Morgan fingerprint density at radius 2 is 1.76 bits per heavy atom. The number of fused-ring (bicyclic) bond motifs is 1. The Balaban J connectivity index is 1.55. The van der Waals surface area contributed by atoms with E-state index in [1.165, 1.54) is 22.7 Å². The normalized spacial score (nSPS) is 16.7. The predicted octanol–water partition coefficient (Wildman–Crippen LogP) is 0.982. The molecule has 1 amide bonds. The number of benzene rings is 1. The minimum absolute atomic E-state index is 0.0692. The molecule has 7 nitrogen and oxygen atoms in total. The highest BCUT2D eigenvalue weighted by molar-refractivity contribution is 7.86. The molecule has 0 spiro atoms. The zero-order valence-electron chi connectivity index (χ0n) is 14.6. The van der Waals surface area contributed by atoms with Crippen molar-refractivity contribution in [3.63, 3.8) is 0 Å². The molecule has 0 N–H and O–H groups in total. The molecule has 1 fully saturated rings. The van der Waals surface area contributed by atoms with Gasteiger partial charge in [-0.15, -0.1) is 0 Å². The van der Waals surface area contributed by atoms with Crippen LogP contribution in [0.25, 0.3) is 10.9 Å². The number of nitrogens with zero attached hydrogens (tertiary/aromatic N) is 4. The third-order valence-electron chi connectivity index (χ3n) is 4.63. The number of rotatable bonds is 5. The molecule has 1 aliphatic rings. The number of hydrogen-bond donors (Lipinski definition) is 0. The molecule has 0 atom stereocenters. The topological polar surface area (TPSA) is 65.9 Å². The van der Waals surface area contributed by atoms with Gasteiger partial charge in [-0.1, -0.05) is 18.2 Å². The average molecular weight is 364 g/mol. The Hall–Kier alpha value is -1.90. The van der Waals surface area contributed by atoms with Crippen LogP contribution in [-0.2, 0) is 21.5 Å². The maximum Gasteiger partial charge on any atom is 0.281 e. The van der Waals surface area contributed by atoms with Gasteiger partial charge in [-0.3, -0.25) is 4.79 Å². The molecule has 0 bridgehead atoms. The summed E-state index contributed by atoms with van der Waals surface area (Å²) in [5.41, 5.74) is 1.12. The number of carbonyl (C=O) groups excluding carboxylic acids is 1. The van der Waals surface area contributed by atoms with E-state index >= 15 is 0 Å². The zero-order valence-corrected chi connectivity index (χ0v) is 15.4. The van der Waals surface area contributed by atoms with E-state index < -0.39 is 10.2 Å². The van der Waals surface area contributed by atoms with E-state index in [1.807, 2.05) is 30.5 Å². The van der Waals surface area contributed by atoms with Crippen LogP contribution in [0, 0.1) is 0 Å². The number of piperazine rings is 1. The quantitative estimate of drug-likeness (QED) is 0.794. The number of carbonyl (C=O) groups is 1. The molecular formula is C17H24N4O3S. The molecule has 1 aliphatic heterocycles. The summed E-state index contributed by atoms with van der Waals surface area (Å²) in [4.78, 5) is 14.2. The van der Waals surface area contributed by atoms with E-state index in [2.05, 4.69) is 10.6 Å². The highest BCUT2D eigenvalue weighted by atomic mass is 32.2. The summed E-state index contributed by atoms with van der Waals surface area (Å²) in [7, 11) is -0.352. The molecule has 0 saturated carbocycles. The summed E-state index contributed by atoms with van der Waals surface area (Å²) in [6.45, 7) is 2.20. The minimum atomic E-state index is -3.40. The van der Waals surface area contributed by atoms with Crippen LogP contribution in [0.2, 0.25) is 0 Å². The molecule has 136 valence electrons. The van der Waals surface area contributed by atoms with Gasteiger partial charge in [0.1, 0.15) is 0 Å². The zero-order chi connectivity index (χ0) is 18.0. The fourth-order valence-corrected chi connectivity index (χ4v) is 4.20. The summed E-state index contributed by atoms with van der Waals surface area (Å²) >= 11 is 0. The number of hydrogen-bond acceptors (Lipinski definition) is 3. The van der Waals surface area contributed by atoms with Crippen molar-refractivity contribution >= 4 is 27.0 Å². The van der Waals surface area contributed by atoms with Crippen molar-refractivity contribution in [3.05, 3.63) is 36.5 Å². The second-order valence-corrected chi connectivity index (χ2v) is 8.53. The highest BCUT2D eigenvalue weighted by Gasteiger charge is 2.29. The molecule has 2 heterocycles. The van der Waals surface area contributed by atoms with Crippen molar-refractivity contribution in [2.24, 2.45) is 0 Å². The first-order valence-electron chi connectivity index (χ1n) is 8.39. The van der Waals surface area contributed by atoms with Crippen LogP contribution in [0.3, 0.4) is 0 Å². The first-order chi connectivity index (χ1) is 11.9. The molecule has 1 aromatic carbocycles. The van der Waals surface area contributed by atoms with Gasteiger partial charge in [-0.05, 0) is 17.5 Å². The number of aryl methyl sites for hydroxylation is 1. The van der Waals surface area contributed by atoms with E-state index in [-0.39, 0.29) is 5.91 Å². The third kappa shape index (κ3) is 3.70. The molecule has 8 heteroatoms. The molecule has 25 heavy (non-hydrogen) atoms. The molecule has 1 aromatic heterocycles. The first-order valence-corrected chi connectivity index (χ1v) is 9.78. The Labute approximate surface area is 148 Å². The van der Waals surface area contributed by atoms with Gasteiger partial charge in [0.2, 0.25) is 5.91 Å². The molecule has 3 rings (SSSR count). The van der Waals surface area contributed by atoms with Crippen LogP contribution in [0.4, 0.5) is 0 Å². The van der Waals surface area contributed by atoms with Gasteiger partial charge in [-0.2, -0.15) is 17.0 Å². The van der Waals surface area contributed by atoms with E-state index in [9.17, 15) is 13.2 Å². The number of aromatic nitrogens is 1. The smallest absolute Gasteiger partial charge is 0.281 e. The van der Waals surface area contributed by atoms with Crippen LogP contribution in [0.5, 0.6) is 0 Å². The Kier molecular flexibility index (Phi) is 5.12. The number of amides is 1. The van der Waals surface area contributed by atoms with Crippen LogP contribution < -0.4 is 0 Å².